The van der Waals surface area contributed by atoms with Gasteiger partial charge in [0, 0.05) is 44.4 Å². The van der Waals surface area contributed by atoms with E-state index in [1.807, 2.05) is 16.8 Å². The zero-order valence-corrected chi connectivity index (χ0v) is 22.1. The van der Waals surface area contributed by atoms with Gasteiger partial charge in [0.2, 0.25) is 5.95 Å². The van der Waals surface area contributed by atoms with Crippen LogP contribution in [-0.2, 0) is 19.5 Å². The lowest BCUT2D eigenvalue weighted by Crippen LogP contribution is -2.59. The molecule has 7 rings (SSSR count). The maximum atomic E-state index is 14.9. The number of halogens is 2. The number of imidazole rings is 1. The van der Waals surface area contributed by atoms with Gasteiger partial charge < -0.3 is 14.8 Å². The van der Waals surface area contributed by atoms with Gasteiger partial charge in [0.15, 0.2) is 11.6 Å². The quantitative estimate of drug-likeness (QED) is 0.385. The third-order valence-corrected chi connectivity index (χ3v) is 8.64. The number of anilines is 2. The lowest BCUT2D eigenvalue weighted by atomic mass is 9.72. The molecule has 2 fully saturated rings. The highest BCUT2D eigenvalue weighted by atomic mass is 19.1. The Morgan fingerprint density at radius 3 is 2.56 bits per heavy atom. The normalized spacial score (nSPS) is 18.9. The number of nitrogens with zero attached hydrogens (tertiary/aromatic N) is 7. The fourth-order valence-electron chi connectivity index (χ4n) is 6.42. The molecular weight excluding hydrogens is 498 g/mol. The van der Waals surface area contributed by atoms with E-state index in [2.05, 4.69) is 48.0 Å². The van der Waals surface area contributed by atoms with Crippen molar-refractivity contribution in [1.29, 1.82) is 0 Å². The lowest BCUT2D eigenvalue weighted by Gasteiger charge is -2.54. The molecule has 0 aliphatic carbocycles. The van der Waals surface area contributed by atoms with E-state index >= 15 is 0 Å². The molecule has 0 amide bonds. The van der Waals surface area contributed by atoms with Crippen LogP contribution in [0.5, 0.6) is 0 Å². The molecule has 39 heavy (non-hydrogen) atoms. The number of hydrogen-bond acceptors (Lipinski definition) is 7. The molecule has 0 saturated carbocycles. The third-order valence-electron chi connectivity index (χ3n) is 8.64. The van der Waals surface area contributed by atoms with Gasteiger partial charge in [-0.1, -0.05) is 13.0 Å². The summed E-state index contributed by atoms with van der Waals surface area (Å²) in [6, 6.07) is 6.99. The largest absolute Gasteiger partial charge is 0.328 e. The molecule has 0 atom stereocenters. The first-order valence-electron chi connectivity index (χ1n) is 13.9. The molecule has 0 unspecified atom stereocenters. The minimum atomic E-state index is -0.614. The summed E-state index contributed by atoms with van der Waals surface area (Å²) in [5, 5.41) is 3.07. The average Bonchev–Trinajstić information content (AvgIpc) is 3.53. The van der Waals surface area contributed by atoms with Gasteiger partial charge in [-0.3, -0.25) is 4.90 Å². The molecule has 0 bridgehead atoms. The summed E-state index contributed by atoms with van der Waals surface area (Å²) in [5.41, 5.74) is 3.08. The Hall–Kier alpha value is -3.50. The monoisotopic (exact) mass is 530 g/mol. The summed E-state index contributed by atoms with van der Waals surface area (Å²) in [6.45, 7) is 9.81. The number of likely N-dealkylation sites (tertiary alicyclic amines) is 2. The summed E-state index contributed by atoms with van der Waals surface area (Å²) in [4.78, 5) is 22.5. The van der Waals surface area contributed by atoms with Crippen molar-refractivity contribution in [3.8, 4) is 11.3 Å². The maximum Gasteiger partial charge on any atom is 0.229 e. The highest BCUT2D eigenvalue weighted by Gasteiger charge is 2.43. The van der Waals surface area contributed by atoms with E-state index in [9.17, 15) is 8.78 Å². The van der Waals surface area contributed by atoms with Crippen LogP contribution < -0.4 is 5.32 Å². The summed E-state index contributed by atoms with van der Waals surface area (Å²) in [5.74, 6) is 0.545. The third kappa shape index (κ3) is 4.55. The predicted octanol–water partition coefficient (Wildman–Crippen LogP) is 4.77. The molecule has 4 aromatic rings. The number of fused-ring (bicyclic) bond motifs is 3. The Morgan fingerprint density at radius 1 is 0.949 bits per heavy atom. The van der Waals surface area contributed by atoms with E-state index in [0.717, 1.165) is 63.2 Å². The van der Waals surface area contributed by atoms with E-state index in [1.54, 1.807) is 6.07 Å². The first kappa shape index (κ1) is 24.5. The average molecular weight is 531 g/mol. The van der Waals surface area contributed by atoms with E-state index < -0.39 is 11.6 Å². The SMILES string of the molecule is CCN1CC2(CCN(Cc3ccc(Nc4ncc(F)c(-c5cc(F)c6nc7n(c6c5)CCC7)n4)nc3)CC2)C1. The van der Waals surface area contributed by atoms with Gasteiger partial charge in [-0.2, -0.15) is 0 Å². The lowest BCUT2D eigenvalue weighted by molar-refractivity contribution is -0.0447. The zero-order chi connectivity index (χ0) is 26.6. The van der Waals surface area contributed by atoms with E-state index in [-0.39, 0.29) is 11.6 Å². The van der Waals surface area contributed by atoms with Crippen molar-refractivity contribution in [3.63, 3.8) is 0 Å². The first-order chi connectivity index (χ1) is 19.0. The predicted molar refractivity (Wildman–Crippen MR) is 146 cm³/mol. The van der Waals surface area contributed by atoms with E-state index in [4.69, 9.17) is 0 Å². The molecule has 0 radical (unpaired) electrons. The molecular formula is C29H32F2N8. The van der Waals surface area contributed by atoms with Gasteiger partial charge in [-0.15, -0.1) is 0 Å². The molecule has 3 aliphatic heterocycles. The van der Waals surface area contributed by atoms with Crippen LogP contribution in [0.4, 0.5) is 20.5 Å². The summed E-state index contributed by atoms with van der Waals surface area (Å²) < 4.78 is 31.7. The Labute approximate surface area is 226 Å². The van der Waals surface area contributed by atoms with Crippen molar-refractivity contribution >= 4 is 22.8 Å². The fraction of sp³-hybridized carbons (Fsp3) is 0.448. The number of pyridine rings is 1. The van der Waals surface area contributed by atoms with Gasteiger partial charge >= 0.3 is 0 Å². The smallest absolute Gasteiger partial charge is 0.229 e. The van der Waals surface area contributed by atoms with Crippen molar-refractivity contribution in [2.45, 2.75) is 45.7 Å². The fourth-order valence-corrected chi connectivity index (χ4v) is 6.42. The van der Waals surface area contributed by atoms with Crippen molar-refractivity contribution < 1.29 is 8.78 Å². The molecule has 6 heterocycles. The van der Waals surface area contributed by atoms with Crippen molar-refractivity contribution in [3.05, 3.63) is 59.7 Å². The van der Waals surface area contributed by atoms with Gasteiger partial charge in [0.05, 0.1) is 11.7 Å². The second-order valence-corrected chi connectivity index (χ2v) is 11.3. The minimum absolute atomic E-state index is 0.0369. The topological polar surface area (TPSA) is 75.0 Å². The highest BCUT2D eigenvalue weighted by Crippen LogP contribution is 2.40. The number of benzene rings is 1. The van der Waals surface area contributed by atoms with Crippen LogP contribution in [-0.4, -0.2) is 67.0 Å². The second-order valence-electron chi connectivity index (χ2n) is 11.3. The standard InChI is InChI=1S/C29H32F2N8/c1-2-37-17-29(18-37)7-10-38(11-8-29)16-19-5-6-24(32-14-19)34-28-33-15-22(31)26(36-28)20-12-21(30)27-23(13-20)39-9-3-4-25(39)35-27/h5-6,12-15H,2-4,7-11,16-18H2,1H3,(H,32,33,34,36). The van der Waals surface area contributed by atoms with Crippen LogP contribution in [0.15, 0.2) is 36.7 Å². The molecule has 1 N–H and O–H groups in total. The Kier molecular flexibility index (Phi) is 6.04. The van der Waals surface area contributed by atoms with Gasteiger partial charge in [0.25, 0.3) is 0 Å². The number of hydrogen-bond donors (Lipinski definition) is 1. The van der Waals surface area contributed by atoms with Crippen LogP contribution >= 0.6 is 0 Å². The Bertz CT molecular complexity index is 1520. The number of nitrogens with one attached hydrogen (secondary N) is 1. The molecule has 1 aromatic carbocycles. The molecule has 3 aliphatic rings. The van der Waals surface area contributed by atoms with Crippen LogP contribution in [0.25, 0.3) is 22.3 Å². The number of aryl methyl sites for hydroxylation is 2. The second kappa shape index (κ2) is 9.60. The van der Waals surface area contributed by atoms with Crippen molar-refractivity contribution in [2.24, 2.45) is 5.41 Å². The van der Waals surface area contributed by atoms with Gasteiger partial charge in [-0.25, -0.2) is 28.7 Å². The molecule has 8 nitrogen and oxygen atoms in total. The van der Waals surface area contributed by atoms with E-state index in [0.29, 0.717) is 27.8 Å². The molecule has 202 valence electrons. The van der Waals surface area contributed by atoms with E-state index in [1.165, 1.54) is 32.0 Å². The number of rotatable bonds is 6. The van der Waals surface area contributed by atoms with Crippen molar-refractivity contribution in [1.82, 2.24) is 34.3 Å². The summed E-state index contributed by atoms with van der Waals surface area (Å²) in [7, 11) is 0. The summed E-state index contributed by atoms with van der Waals surface area (Å²) >= 11 is 0. The van der Waals surface area contributed by atoms with Crippen molar-refractivity contribution in [2.75, 3.05) is 38.0 Å². The molecule has 2 saturated heterocycles. The van der Waals surface area contributed by atoms with Crippen LogP contribution in [0, 0.1) is 17.0 Å². The first-order valence-corrected chi connectivity index (χ1v) is 13.9. The number of aromatic nitrogens is 5. The summed E-state index contributed by atoms with van der Waals surface area (Å²) in [6.07, 6.45) is 7.29. The Morgan fingerprint density at radius 2 is 1.79 bits per heavy atom. The van der Waals surface area contributed by atoms with Crippen LogP contribution in [0.3, 0.4) is 0 Å². The maximum absolute atomic E-state index is 14.9. The molecule has 1 spiro atoms. The van der Waals surface area contributed by atoms with Crippen LogP contribution in [0.1, 0.15) is 37.6 Å². The molecule has 3 aromatic heterocycles. The zero-order valence-electron chi connectivity index (χ0n) is 22.1. The minimum Gasteiger partial charge on any atom is -0.328 e. The molecule has 10 heteroatoms. The Balaban J connectivity index is 1.03. The number of piperidine rings is 1. The van der Waals surface area contributed by atoms with Gasteiger partial charge in [0.1, 0.15) is 22.9 Å². The highest BCUT2D eigenvalue weighted by molar-refractivity contribution is 5.83. The van der Waals surface area contributed by atoms with Crippen LogP contribution in [0.2, 0.25) is 0 Å². The van der Waals surface area contributed by atoms with Gasteiger partial charge in [-0.05, 0) is 68.1 Å².